The lowest BCUT2D eigenvalue weighted by molar-refractivity contribution is 0.0426. The monoisotopic (exact) mass is 352 g/mol. The molecule has 1 atom stereocenters. The summed E-state index contributed by atoms with van der Waals surface area (Å²) in [6, 6.07) is 4.42. The summed E-state index contributed by atoms with van der Waals surface area (Å²) >= 11 is 0. The summed E-state index contributed by atoms with van der Waals surface area (Å²) in [5, 5.41) is 9.44. The molecule has 0 unspecified atom stereocenters. The third-order valence-corrected chi connectivity index (χ3v) is 5.76. The zero-order valence-corrected chi connectivity index (χ0v) is 15.0. The SMILES string of the molecule is OCC[C@H]1CN(CC2CCCCC2)CCN1Cc1ccc(F)c(F)c1. The van der Waals surface area contributed by atoms with Gasteiger partial charge in [-0.25, -0.2) is 8.78 Å². The van der Waals surface area contributed by atoms with Gasteiger partial charge in [-0.3, -0.25) is 4.90 Å². The minimum Gasteiger partial charge on any atom is -0.396 e. The molecule has 1 aromatic rings. The molecule has 0 bridgehead atoms. The van der Waals surface area contributed by atoms with Gasteiger partial charge in [-0.05, 0) is 42.9 Å². The molecular weight excluding hydrogens is 322 g/mol. The van der Waals surface area contributed by atoms with Crippen LogP contribution in [-0.4, -0.2) is 53.7 Å². The Morgan fingerprint density at radius 3 is 2.56 bits per heavy atom. The number of aliphatic hydroxyl groups excluding tert-OH is 1. The van der Waals surface area contributed by atoms with Gasteiger partial charge in [0.15, 0.2) is 11.6 Å². The van der Waals surface area contributed by atoms with E-state index in [1.54, 1.807) is 6.07 Å². The van der Waals surface area contributed by atoms with Crippen LogP contribution in [0.1, 0.15) is 44.1 Å². The maximum Gasteiger partial charge on any atom is 0.159 e. The predicted octanol–water partition coefficient (Wildman–Crippen LogP) is 3.41. The van der Waals surface area contributed by atoms with E-state index in [9.17, 15) is 13.9 Å². The van der Waals surface area contributed by atoms with Crippen molar-refractivity contribution in [1.82, 2.24) is 9.80 Å². The Bertz CT molecular complexity index is 548. The first-order valence-electron chi connectivity index (χ1n) is 9.67. The molecule has 1 saturated carbocycles. The van der Waals surface area contributed by atoms with E-state index in [-0.39, 0.29) is 12.6 Å². The summed E-state index contributed by atoms with van der Waals surface area (Å²) in [5.74, 6) is -0.763. The van der Waals surface area contributed by atoms with Crippen LogP contribution in [0, 0.1) is 17.6 Å². The van der Waals surface area contributed by atoms with Gasteiger partial charge >= 0.3 is 0 Å². The molecule has 3 rings (SSSR count). The lowest BCUT2D eigenvalue weighted by Crippen LogP contribution is -2.53. The van der Waals surface area contributed by atoms with Crippen LogP contribution in [0.5, 0.6) is 0 Å². The second-order valence-electron chi connectivity index (χ2n) is 7.65. The van der Waals surface area contributed by atoms with Gasteiger partial charge in [0, 0.05) is 45.4 Å². The summed E-state index contributed by atoms with van der Waals surface area (Å²) < 4.78 is 26.6. The van der Waals surface area contributed by atoms with Crippen LogP contribution >= 0.6 is 0 Å². The van der Waals surface area contributed by atoms with Crippen molar-refractivity contribution in [3.63, 3.8) is 0 Å². The van der Waals surface area contributed by atoms with Crippen LogP contribution in [0.2, 0.25) is 0 Å². The lowest BCUT2D eigenvalue weighted by Gasteiger charge is -2.43. The van der Waals surface area contributed by atoms with E-state index in [0.717, 1.165) is 37.5 Å². The minimum absolute atomic E-state index is 0.163. The third kappa shape index (κ3) is 5.22. The van der Waals surface area contributed by atoms with Gasteiger partial charge in [0.05, 0.1) is 0 Å². The fourth-order valence-corrected chi connectivity index (χ4v) is 4.36. The molecule has 1 saturated heterocycles. The smallest absolute Gasteiger partial charge is 0.159 e. The highest BCUT2D eigenvalue weighted by Crippen LogP contribution is 2.26. The number of rotatable bonds is 6. The van der Waals surface area contributed by atoms with Crippen molar-refractivity contribution < 1.29 is 13.9 Å². The maximum absolute atomic E-state index is 13.5. The van der Waals surface area contributed by atoms with E-state index in [2.05, 4.69) is 9.80 Å². The molecule has 2 fully saturated rings. The standard InChI is InChI=1S/C20H30F2N2O/c21-19-7-6-17(12-20(19)22)14-24-10-9-23(15-18(24)8-11-25)13-16-4-2-1-3-5-16/h6-7,12,16,18,25H,1-5,8-11,13-15H2/t18-/m0/s1. The molecule has 1 aliphatic carbocycles. The summed E-state index contributed by atoms with van der Waals surface area (Å²) in [4.78, 5) is 4.85. The van der Waals surface area contributed by atoms with Gasteiger partial charge in [0.25, 0.3) is 0 Å². The van der Waals surface area contributed by atoms with Crippen LogP contribution in [0.25, 0.3) is 0 Å². The van der Waals surface area contributed by atoms with Crippen molar-refractivity contribution in [2.24, 2.45) is 5.92 Å². The molecule has 0 amide bonds. The topological polar surface area (TPSA) is 26.7 Å². The van der Waals surface area contributed by atoms with Crippen LogP contribution in [0.3, 0.4) is 0 Å². The van der Waals surface area contributed by atoms with Gasteiger partial charge in [-0.15, -0.1) is 0 Å². The zero-order valence-electron chi connectivity index (χ0n) is 15.0. The molecule has 0 spiro atoms. The molecule has 1 aliphatic heterocycles. The third-order valence-electron chi connectivity index (χ3n) is 5.76. The summed E-state index contributed by atoms with van der Waals surface area (Å²) in [6.07, 6.45) is 7.53. The Kier molecular flexibility index (Phi) is 6.79. The second-order valence-corrected chi connectivity index (χ2v) is 7.65. The van der Waals surface area contributed by atoms with Crippen molar-refractivity contribution in [3.8, 4) is 0 Å². The molecule has 1 aromatic carbocycles. The highest BCUT2D eigenvalue weighted by molar-refractivity contribution is 5.18. The molecule has 0 radical (unpaired) electrons. The van der Waals surface area contributed by atoms with Crippen molar-refractivity contribution in [1.29, 1.82) is 0 Å². The van der Waals surface area contributed by atoms with Gasteiger partial charge < -0.3 is 10.0 Å². The molecule has 1 heterocycles. The van der Waals surface area contributed by atoms with E-state index >= 15 is 0 Å². The Morgan fingerprint density at radius 1 is 1.04 bits per heavy atom. The quantitative estimate of drug-likeness (QED) is 0.850. The molecule has 5 heteroatoms. The number of hydrogen-bond donors (Lipinski definition) is 1. The molecule has 2 aliphatic rings. The van der Waals surface area contributed by atoms with E-state index in [1.165, 1.54) is 50.8 Å². The van der Waals surface area contributed by atoms with Crippen LogP contribution in [0.15, 0.2) is 18.2 Å². The zero-order chi connectivity index (χ0) is 17.6. The molecule has 25 heavy (non-hydrogen) atoms. The predicted molar refractivity (Wildman–Crippen MR) is 95.3 cm³/mol. The average molecular weight is 352 g/mol. The Morgan fingerprint density at radius 2 is 1.84 bits per heavy atom. The fraction of sp³-hybridized carbons (Fsp3) is 0.700. The van der Waals surface area contributed by atoms with Crippen molar-refractivity contribution in [3.05, 3.63) is 35.4 Å². The van der Waals surface area contributed by atoms with Gasteiger partial charge in [-0.1, -0.05) is 25.3 Å². The van der Waals surface area contributed by atoms with Crippen LogP contribution in [0.4, 0.5) is 8.78 Å². The number of hydrogen-bond acceptors (Lipinski definition) is 3. The maximum atomic E-state index is 13.5. The Labute approximate surface area is 149 Å². The second kappa shape index (κ2) is 9.06. The molecular formula is C20H30F2N2O. The molecule has 140 valence electrons. The van der Waals surface area contributed by atoms with Crippen LogP contribution < -0.4 is 0 Å². The number of piperazine rings is 1. The Hall–Kier alpha value is -1.04. The van der Waals surface area contributed by atoms with E-state index in [1.807, 2.05) is 0 Å². The number of nitrogens with zero attached hydrogens (tertiary/aromatic N) is 2. The van der Waals surface area contributed by atoms with Crippen molar-refractivity contribution >= 4 is 0 Å². The summed E-state index contributed by atoms with van der Waals surface area (Å²) in [5.41, 5.74) is 0.794. The fourth-order valence-electron chi connectivity index (χ4n) is 4.36. The first-order valence-corrected chi connectivity index (χ1v) is 9.67. The summed E-state index contributed by atoms with van der Waals surface area (Å²) in [7, 11) is 0. The largest absolute Gasteiger partial charge is 0.396 e. The first-order chi connectivity index (χ1) is 12.2. The Balaban J connectivity index is 1.57. The van der Waals surface area contributed by atoms with Gasteiger partial charge in [-0.2, -0.15) is 0 Å². The average Bonchev–Trinajstić information content (AvgIpc) is 2.61. The van der Waals surface area contributed by atoms with Crippen molar-refractivity contribution in [2.45, 2.75) is 51.1 Å². The summed E-state index contributed by atoms with van der Waals surface area (Å²) in [6.45, 7) is 4.83. The van der Waals surface area contributed by atoms with Crippen LogP contribution in [-0.2, 0) is 6.54 Å². The highest BCUT2D eigenvalue weighted by Gasteiger charge is 2.28. The normalized spacial score (nSPS) is 23.9. The number of aliphatic hydroxyl groups is 1. The minimum atomic E-state index is -0.798. The van der Waals surface area contributed by atoms with Crippen molar-refractivity contribution in [2.75, 3.05) is 32.8 Å². The van der Waals surface area contributed by atoms with E-state index in [0.29, 0.717) is 6.54 Å². The lowest BCUT2D eigenvalue weighted by atomic mass is 9.88. The molecule has 1 N–H and O–H groups in total. The number of halogens is 2. The first kappa shape index (κ1) is 18.7. The molecule has 0 aromatic heterocycles. The van der Waals surface area contributed by atoms with E-state index < -0.39 is 11.6 Å². The highest BCUT2D eigenvalue weighted by atomic mass is 19.2. The van der Waals surface area contributed by atoms with E-state index in [4.69, 9.17) is 0 Å². The molecule has 3 nitrogen and oxygen atoms in total. The van der Waals surface area contributed by atoms with Gasteiger partial charge in [0.2, 0.25) is 0 Å². The van der Waals surface area contributed by atoms with Gasteiger partial charge in [0.1, 0.15) is 0 Å². The number of benzene rings is 1.